The Morgan fingerprint density at radius 3 is 2.59 bits per heavy atom. The summed E-state index contributed by atoms with van der Waals surface area (Å²) in [5, 5.41) is 2.25. The first-order valence-corrected chi connectivity index (χ1v) is 5.59. The molecule has 1 heterocycles. The molecule has 2 rings (SSSR count). The van der Waals surface area contributed by atoms with Crippen molar-refractivity contribution in [3.63, 3.8) is 0 Å². The largest absolute Gasteiger partial charge is 0.296 e. The molecule has 0 radical (unpaired) electrons. The average Bonchev–Trinajstić information content (AvgIpc) is 2.19. The van der Waals surface area contributed by atoms with Gasteiger partial charge in [0.1, 0.15) is 5.82 Å². The number of aryl methyl sites for hydroxylation is 2. The van der Waals surface area contributed by atoms with E-state index in [1.165, 1.54) is 6.07 Å². The number of nitrogens with one attached hydrogen (secondary N) is 1. The van der Waals surface area contributed by atoms with Gasteiger partial charge in [0, 0.05) is 12.0 Å². The van der Waals surface area contributed by atoms with Crippen LogP contribution in [0.3, 0.4) is 0 Å². The molecule has 4 heteroatoms. The van der Waals surface area contributed by atoms with Crippen molar-refractivity contribution in [1.29, 1.82) is 0 Å². The first kappa shape index (κ1) is 11.8. The van der Waals surface area contributed by atoms with E-state index in [0.29, 0.717) is 12.0 Å². The molecule has 1 fully saturated rings. The van der Waals surface area contributed by atoms with Crippen LogP contribution < -0.4 is 5.32 Å². The Bertz CT molecular complexity index is 473. The van der Waals surface area contributed by atoms with E-state index >= 15 is 0 Å². The van der Waals surface area contributed by atoms with Gasteiger partial charge in [0.25, 0.3) is 0 Å². The molecule has 0 spiro atoms. The summed E-state index contributed by atoms with van der Waals surface area (Å²) in [6.45, 7) is 3.60. The van der Waals surface area contributed by atoms with E-state index in [1.54, 1.807) is 6.92 Å². The van der Waals surface area contributed by atoms with Gasteiger partial charge in [-0.05, 0) is 37.5 Å². The quantitative estimate of drug-likeness (QED) is 0.756. The second-order valence-electron chi connectivity index (χ2n) is 4.48. The Morgan fingerprint density at radius 2 is 2.00 bits per heavy atom. The summed E-state index contributed by atoms with van der Waals surface area (Å²) in [6.07, 6.45) is 0.647. The highest BCUT2D eigenvalue weighted by Crippen LogP contribution is 2.30. The second kappa shape index (κ2) is 4.28. The molecule has 17 heavy (non-hydrogen) atoms. The van der Waals surface area contributed by atoms with Crippen LogP contribution in [0.5, 0.6) is 0 Å². The van der Waals surface area contributed by atoms with Gasteiger partial charge >= 0.3 is 0 Å². The molecule has 0 aliphatic carbocycles. The van der Waals surface area contributed by atoms with Crippen molar-refractivity contribution in [3.05, 3.63) is 34.6 Å². The lowest BCUT2D eigenvalue weighted by atomic mass is 9.87. The molecule has 1 aliphatic rings. The molecular formula is C13H14FNO2. The summed E-state index contributed by atoms with van der Waals surface area (Å²) in [5.74, 6) is -1.59. The van der Waals surface area contributed by atoms with Crippen molar-refractivity contribution >= 4 is 11.8 Å². The highest BCUT2D eigenvalue weighted by molar-refractivity contribution is 6.01. The molecule has 1 atom stereocenters. The van der Waals surface area contributed by atoms with E-state index in [9.17, 15) is 14.0 Å². The van der Waals surface area contributed by atoms with Crippen LogP contribution in [0.1, 0.15) is 35.4 Å². The van der Waals surface area contributed by atoms with Crippen LogP contribution in [0.2, 0.25) is 0 Å². The molecule has 0 unspecified atom stereocenters. The maximum Gasteiger partial charge on any atom is 0.234 e. The maximum atomic E-state index is 13.9. The molecule has 1 N–H and O–H groups in total. The first-order valence-electron chi connectivity index (χ1n) is 5.59. The zero-order chi connectivity index (χ0) is 12.6. The van der Waals surface area contributed by atoms with Crippen LogP contribution in [-0.2, 0) is 9.59 Å². The van der Waals surface area contributed by atoms with Gasteiger partial charge in [0.05, 0.1) is 5.92 Å². The van der Waals surface area contributed by atoms with E-state index in [1.807, 2.05) is 13.0 Å². The fourth-order valence-corrected chi connectivity index (χ4v) is 2.34. The normalized spacial score (nSPS) is 20.3. The van der Waals surface area contributed by atoms with E-state index in [4.69, 9.17) is 0 Å². The van der Waals surface area contributed by atoms with Crippen molar-refractivity contribution in [2.45, 2.75) is 32.6 Å². The molecule has 1 aromatic rings. The predicted molar refractivity (Wildman–Crippen MR) is 61.0 cm³/mol. The lowest BCUT2D eigenvalue weighted by Gasteiger charge is -2.23. The summed E-state index contributed by atoms with van der Waals surface area (Å²) < 4.78 is 13.9. The number of rotatable bonds is 1. The van der Waals surface area contributed by atoms with Crippen molar-refractivity contribution in [3.8, 4) is 0 Å². The minimum Gasteiger partial charge on any atom is -0.296 e. The molecule has 1 aromatic carbocycles. The smallest absolute Gasteiger partial charge is 0.234 e. The van der Waals surface area contributed by atoms with Crippen LogP contribution in [0.25, 0.3) is 0 Å². The molecule has 0 saturated carbocycles. The second-order valence-corrected chi connectivity index (χ2v) is 4.48. The average molecular weight is 235 g/mol. The van der Waals surface area contributed by atoms with Gasteiger partial charge in [0.2, 0.25) is 11.8 Å². The predicted octanol–water partition coefficient (Wildman–Crippen LogP) is 1.96. The summed E-state index contributed by atoms with van der Waals surface area (Å²) in [7, 11) is 0. The van der Waals surface area contributed by atoms with Crippen LogP contribution in [-0.4, -0.2) is 11.8 Å². The van der Waals surface area contributed by atoms with Crippen LogP contribution >= 0.6 is 0 Å². The Morgan fingerprint density at radius 1 is 1.29 bits per heavy atom. The number of amides is 2. The zero-order valence-corrected chi connectivity index (χ0v) is 9.84. The number of benzene rings is 1. The van der Waals surface area contributed by atoms with Crippen LogP contribution in [0, 0.1) is 19.7 Å². The highest BCUT2D eigenvalue weighted by Gasteiger charge is 2.31. The molecule has 1 saturated heterocycles. The van der Waals surface area contributed by atoms with Gasteiger partial charge in [-0.1, -0.05) is 6.07 Å². The van der Waals surface area contributed by atoms with Crippen molar-refractivity contribution in [2.75, 3.05) is 0 Å². The van der Waals surface area contributed by atoms with Gasteiger partial charge < -0.3 is 0 Å². The van der Waals surface area contributed by atoms with Gasteiger partial charge in [-0.2, -0.15) is 0 Å². The standard InChI is InChI=1S/C13H14FNO2/c1-7-5-8(2)12(10(14)6-7)9-3-4-11(16)15-13(9)17/h5-6,9H,3-4H2,1-2H3,(H,15,16,17)/t9-/m1/s1. The summed E-state index contributed by atoms with van der Waals surface area (Å²) in [5.41, 5.74) is 2.01. The number of halogens is 1. The summed E-state index contributed by atoms with van der Waals surface area (Å²) in [6, 6.07) is 3.27. The van der Waals surface area contributed by atoms with E-state index in [2.05, 4.69) is 5.32 Å². The Kier molecular flexibility index (Phi) is 2.96. The van der Waals surface area contributed by atoms with E-state index in [-0.39, 0.29) is 18.1 Å². The van der Waals surface area contributed by atoms with Crippen LogP contribution in [0.15, 0.2) is 12.1 Å². The first-order chi connectivity index (χ1) is 7.99. The molecule has 2 amide bonds. The molecule has 3 nitrogen and oxygen atoms in total. The fraction of sp³-hybridized carbons (Fsp3) is 0.385. The summed E-state index contributed by atoms with van der Waals surface area (Å²) in [4.78, 5) is 22.7. The molecule has 90 valence electrons. The number of carbonyl (C=O) groups is 2. The fourth-order valence-electron chi connectivity index (χ4n) is 2.34. The van der Waals surface area contributed by atoms with E-state index < -0.39 is 11.8 Å². The summed E-state index contributed by atoms with van der Waals surface area (Å²) >= 11 is 0. The Hall–Kier alpha value is -1.71. The lowest BCUT2D eigenvalue weighted by molar-refractivity contribution is -0.134. The Labute approximate surface area is 99.0 Å². The number of carbonyl (C=O) groups excluding carboxylic acids is 2. The van der Waals surface area contributed by atoms with Crippen molar-refractivity contribution in [1.82, 2.24) is 5.32 Å². The monoisotopic (exact) mass is 235 g/mol. The number of hydrogen-bond donors (Lipinski definition) is 1. The topological polar surface area (TPSA) is 46.2 Å². The van der Waals surface area contributed by atoms with Gasteiger partial charge in [-0.15, -0.1) is 0 Å². The van der Waals surface area contributed by atoms with Crippen molar-refractivity contribution in [2.24, 2.45) is 0 Å². The molecular weight excluding hydrogens is 221 g/mol. The molecule has 0 aromatic heterocycles. The zero-order valence-electron chi connectivity index (χ0n) is 9.84. The Balaban J connectivity index is 2.40. The molecule has 0 bridgehead atoms. The van der Waals surface area contributed by atoms with Gasteiger partial charge in [-0.25, -0.2) is 4.39 Å². The number of hydrogen-bond acceptors (Lipinski definition) is 2. The maximum absolute atomic E-state index is 13.9. The third kappa shape index (κ3) is 2.20. The third-order valence-electron chi connectivity index (χ3n) is 3.07. The third-order valence-corrected chi connectivity index (χ3v) is 3.07. The lowest BCUT2D eigenvalue weighted by Crippen LogP contribution is -2.40. The van der Waals surface area contributed by atoms with Gasteiger partial charge in [0.15, 0.2) is 0 Å². The number of piperidine rings is 1. The van der Waals surface area contributed by atoms with Crippen LogP contribution in [0.4, 0.5) is 4.39 Å². The highest BCUT2D eigenvalue weighted by atomic mass is 19.1. The SMILES string of the molecule is Cc1cc(C)c([C@H]2CCC(=O)NC2=O)c(F)c1. The minimum atomic E-state index is -0.548. The van der Waals surface area contributed by atoms with Crippen molar-refractivity contribution < 1.29 is 14.0 Å². The number of imide groups is 1. The van der Waals surface area contributed by atoms with Gasteiger partial charge in [-0.3, -0.25) is 14.9 Å². The minimum absolute atomic E-state index is 0.267. The van der Waals surface area contributed by atoms with E-state index in [0.717, 1.165) is 11.1 Å². The molecule has 1 aliphatic heterocycles.